The van der Waals surface area contributed by atoms with Gasteiger partial charge >= 0.3 is 0 Å². The van der Waals surface area contributed by atoms with Crippen LogP contribution in [-0.4, -0.2) is 38.8 Å². The highest BCUT2D eigenvalue weighted by atomic mass is 79.9. The summed E-state index contributed by atoms with van der Waals surface area (Å²) in [6.07, 6.45) is 1.15. The van der Waals surface area contributed by atoms with Crippen molar-refractivity contribution >= 4 is 21.9 Å². The molecule has 20 heavy (non-hydrogen) atoms. The third-order valence-electron chi connectivity index (χ3n) is 3.43. The van der Waals surface area contributed by atoms with E-state index in [0.717, 1.165) is 16.9 Å². The molecule has 2 N–H and O–H groups in total. The predicted molar refractivity (Wildman–Crippen MR) is 86.3 cm³/mol. The largest absolute Gasteiger partial charge is 0.383 e. The van der Waals surface area contributed by atoms with Crippen LogP contribution in [0, 0.1) is 0 Å². The molecule has 0 amide bonds. The third kappa shape index (κ3) is 4.21. The molecule has 0 aromatic heterocycles. The summed E-state index contributed by atoms with van der Waals surface area (Å²) in [7, 11) is 3.50. The number of methoxy groups -OCH3 is 1. The lowest BCUT2D eigenvalue weighted by atomic mass is 10.1. The van der Waals surface area contributed by atoms with E-state index >= 15 is 0 Å². The van der Waals surface area contributed by atoms with Crippen molar-refractivity contribution in [3.05, 3.63) is 34.3 Å². The zero-order valence-corrected chi connectivity index (χ0v) is 13.8. The molecule has 1 aliphatic carbocycles. The molecule has 0 aliphatic heterocycles. The Hall–Kier alpha value is -1.07. The van der Waals surface area contributed by atoms with Crippen molar-refractivity contribution in [3.63, 3.8) is 0 Å². The molecule has 0 spiro atoms. The summed E-state index contributed by atoms with van der Waals surface area (Å²) in [6, 6.07) is 9.27. The van der Waals surface area contributed by atoms with Crippen molar-refractivity contribution in [1.82, 2.24) is 10.6 Å². The Kier molecular flexibility index (Phi) is 5.43. The summed E-state index contributed by atoms with van der Waals surface area (Å²) in [5.74, 6) is 1.43. The monoisotopic (exact) mass is 339 g/mol. The zero-order valence-electron chi connectivity index (χ0n) is 12.2. The molecule has 0 bridgehead atoms. The molecule has 1 aromatic carbocycles. The van der Waals surface area contributed by atoms with Crippen molar-refractivity contribution in [3.8, 4) is 0 Å². The first-order valence-corrected chi connectivity index (χ1v) is 7.67. The van der Waals surface area contributed by atoms with Crippen LogP contribution in [0.25, 0.3) is 0 Å². The molecule has 2 rings (SSSR count). The molecule has 5 heteroatoms. The van der Waals surface area contributed by atoms with Gasteiger partial charge in [-0.1, -0.05) is 28.1 Å². The highest BCUT2D eigenvalue weighted by Crippen LogP contribution is 2.40. The SMILES string of the molecule is CN=C(NC(C)COC)NC1CC1c1ccc(Br)cc1. The van der Waals surface area contributed by atoms with Crippen molar-refractivity contribution in [1.29, 1.82) is 0 Å². The average Bonchev–Trinajstić information content (AvgIpc) is 3.18. The second kappa shape index (κ2) is 7.09. The molecule has 4 nitrogen and oxygen atoms in total. The lowest BCUT2D eigenvalue weighted by Gasteiger charge is -2.17. The van der Waals surface area contributed by atoms with Gasteiger partial charge in [0.1, 0.15) is 0 Å². The van der Waals surface area contributed by atoms with Gasteiger partial charge < -0.3 is 15.4 Å². The van der Waals surface area contributed by atoms with Crippen LogP contribution in [0.1, 0.15) is 24.8 Å². The minimum Gasteiger partial charge on any atom is -0.383 e. The Labute approximate surface area is 129 Å². The number of ether oxygens (including phenoxy) is 1. The second-order valence-electron chi connectivity index (χ2n) is 5.22. The minimum atomic E-state index is 0.246. The maximum absolute atomic E-state index is 5.12. The van der Waals surface area contributed by atoms with Gasteiger partial charge in [-0.2, -0.15) is 0 Å². The number of nitrogens with one attached hydrogen (secondary N) is 2. The van der Waals surface area contributed by atoms with Crippen molar-refractivity contribution in [2.75, 3.05) is 20.8 Å². The Balaban J connectivity index is 1.84. The number of rotatable bonds is 5. The maximum Gasteiger partial charge on any atom is 0.191 e. The molecule has 1 aliphatic rings. The highest BCUT2D eigenvalue weighted by Gasteiger charge is 2.39. The first-order valence-electron chi connectivity index (χ1n) is 6.88. The van der Waals surface area contributed by atoms with Gasteiger partial charge in [0, 0.05) is 36.6 Å². The van der Waals surface area contributed by atoms with Gasteiger partial charge in [-0.15, -0.1) is 0 Å². The second-order valence-corrected chi connectivity index (χ2v) is 6.13. The Morgan fingerprint density at radius 3 is 2.75 bits per heavy atom. The fourth-order valence-electron chi connectivity index (χ4n) is 2.30. The fourth-order valence-corrected chi connectivity index (χ4v) is 2.57. The molecule has 0 radical (unpaired) electrons. The fraction of sp³-hybridized carbons (Fsp3) is 0.533. The molecule has 1 aromatic rings. The van der Waals surface area contributed by atoms with Crippen LogP contribution in [0.2, 0.25) is 0 Å². The third-order valence-corrected chi connectivity index (χ3v) is 3.96. The summed E-state index contributed by atoms with van der Waals surface area (Å²) in [5, 5.41) is 6.79. The number of hydrogen-bond acceptors (Lipinski definition) is 2. The summed E-state index contributed by atoms with van der Waals surface area (Å²) in [4.78, 5) is 4.26. The molecule has 0 heterocycles. The van der Waals surface area contributed by atoms with E-state index in [1.165, 1.54) is 5.56 Å². The molecule has 3 atom stereocenters. The number of aliphatic imine (C=N–C) groups is 1. The number of nitrogens with zero attached hydrogens (tertiary/aromatic N) is 1. The van der Waals surface area contributed by atoms with Crippen LogP contribution in [0.15, 0.2) is 33.7 Å². The van der Waals surface area contributed by atoms with Gasteiger partial charge in [0.2, 0.25) is 0 Å². The quantitative estimate of drug-likeness (QED) is 0.640. The first kappa shape index (κ1) is 15.3. The molecule has 1 saturated carbocycles. The van der Waals surface area contributed by atoms with Gasteiger partial charge in [0.05, 0.1) is 6.61 Å². The summed E-state index contributed by atoms with van der Waals surface area (Å²) in [5.41, 5.74) is 1.38. The molecular formula is C15H22BrN3O. The van der Waals surface area contributed by atoms with Crippen LogP contribution < -0.4 is 10.6 Å². The Bertz CT molecular complexity index is 461. The molecule has 0 saturated heterocycles. The van der Waals surface area contributed by atoms with Crippen molar-refractivity contribution in [2.24, 2.45) is 4.99 Å². The Morgan fingerprint density at radius 2 is 2.15 bits per heavy atom. The van der Waals surface area contributed by atoms with Crippen LogP contribution in [0.3, 0.4) is 0 Å². The van der Waals surface area contributed by atoms with Crippen LogP contribution in [0.4, 0.5) is 0 Å². The molecule has 3 unspecified atom stereocenters. The summed E-state index contributed by atoms with van der Waals surface area (Å²) in [6.45, 7) is 2.75. The highest BCUT2D eigenvalue weighted by molar-refractivity contribution is 9.10. The molecule has 1 fully saturated rings. The van der Waals surface area contributed by atoms with E-state index in [1.807, 2.05) is 0 Å². The normalized spacial score (nSPS) is 23.3. The molecule has 110 valence electrons. The zero-order chi connectivity index (χ0) is 14.5. The van der Waals surface area contributed by atoms with E-state index in [1.54, 1.807) is 14.2 Å². The predicted octanol–water partition coefficient (Wildman–Crippen LogP) is 2.50. The van der Waals surface area contributed by atoms with Gasteiger partial charge in [-0.25, -0.2) is 0 Å². The van der Waals surface area contributed by atoms with Crippen LogP contribution in [-0.2, 0) is 4.74 Å². The van der Waals surface area contributed by atoms with E-state index in [0.29, 0.717) is 18.6 Å². The summed E-state index contributed by atoms with van der Waals surface area (Å²) >= 11 is 3.47. The van der Waals surface area contributed by atoms with E-state index in [-0.39, 0.29) is 6.04 Å². The number of benzene rings is 1. The minimum absolute atomic E-state index is 0.246. The Morgan fingerprint density at radius 1 is 1.45 bits per heavy atom. The van der Waals surface area contributed by atoms with Gasteiger partial charge in [0.15, 0.2) is 5.96 Å². The van der Waals surface area contributed by atoms with E-state index in [4.69, 9.17) is 4.74 Å². The maximum atomic E-state index is 5.12. The molecular weight excluding hydrogens is 318 g/mol. The van der Waals surface area contributed by atoms with Crippen molar-refractivity contribution < 1.29 is 4.74 Å². The van der Waals surface area contributed by atoms with E-state index in [9.17, 15) is 0 Å². The van der Waals surface area contributed by atoms with Gasteiger partial charge in [-0.3, -0.25) is 4.99 Å². The topological polar surface area (TPSA) is 45.7 Å². The van der Waals surface area contributed by atoms with Crippen LogP contribution >= 0.6 is 15.9 Å². The van der Waals surface area contributed by atoms with Crippen LogP contribution in [0.5, 0.6) is 0 Å². The smallest absolute Gasteiger partial charge is 0.191 e. The number of guanidine groups is 1. The lowest BCUT2D eigenvalue weighted by Crippen LogP contribution is -2.45. The first-order chi connectivity index (χ1) is 9.63. The van der Waals surface area contributed by atoms with E-state index in [2.05, 4.69) is 62.7 Å². The van der Waals surface area contributed by atoms with Gasteiger partial charge in [0.25, 0.3) is 0 Å². The van der Waals surface area contributed by atoms with E-state index < -0.39 is 0 Å². The van der Waals surface area contributed by atoms with Gasteiger partial charge in [-0.05, 0) is 31.0 Å². The van der Waals surface area contributed by atoms with Crippen molar-refractivity contribution in [2.45, 2.75) is 31.3 Å². The number of halogens is 1. The number of hydrogen-bond donors (Lipinski definition) is 2. The average molecular weight is 340 g/mol. The lowest BCUT2D eigenvalue weighted by molar-refractivity contribution is 0.179. The standard InChI is InChI=1S/C15H22BrN3O/c1-10(9-20-3)18-15(17-2)19-14-8-13(14)11-4-6-12(16)7-5-11/h4-7,10,13-14H,8-9H2,1-3H3,(H2,17,18,19). The summed E-state index contributed by atoms with van der Waals surface area (Å²) < 4.78 is 6.24.